The Morgan fingerprint density at radius 3 is 2.76 bits per heavy atom. The maximum Gasteiger partial charge on any atom is 0.00966 e. The molecule has 1 atom stereocenters. The Hall–Kier alpha value is 0.270. The molecule has 0 aliphatic carbocycles. The fourth-order valence-corrected chi connectivity index (χ4v) is 2.99. The SMILES string of the molecule is CCSCCN1CCCC(CNC(C)(C)C)C1. The minimum Gasteiger partial charge on any atom is -0.312 e. The van der Waals surface area contributed by atoms with Crippen LogP contribution in [-0.2, 0) is 0 Å². The van der Waals surface area contributed by atoms with Crippen molar-refractivity contribution >= 4 is 11.8 Å². The van der Waals surface area contributed by atoms with Crippen molar-refractivity contribution in [3.8, 4) is 0 Å². The van der Waals surface area contributed by atoms with E-state index in [1.54, 1.807) is 0 Å². The molecule has 0 radical (unpaired) electrons. The summed E-state index contributed by atoms with van der Waals surface area (Å²) in [6.45, 7) is 14.1. The lowest BCUT2D eigenvalue weighted by Gasteiger charge is -2.34. The van der Waals surface area contributed by atoms with E-state index < -0.39 is 0 Å². The lowest BCUT2D eigenvalue weighted by Crippen LogP contribution is -2.45. The summed E-state index contributed by atoms with van der Waals surface area (Å²) in [5, 5.41) is 3.65. The molecule has 2 nitrogen and oxygen atoms in total. The average Bonchev–Trinajstić information content (AvgIpc) is 2.27. The van der Waals surface area contributed by atoms with Crippen molar-refractivity contribution in [2.24, 2.45) is 5.92 Å². The van der Waals surface area contributed by atoms with Gasteiger partial charge in [-0.1, -0.05) is 6.92 Å². The molecule has 0 aromatic heterocycles. The van der Waals surface area contributed by atoms with Gasteiger partial charge in [0.1, 0.15) is 0 Å². The van der Waals surface area contributed by atoms with Crippen LogP contribution < -0.4 is 5.32 Å². The van der Waals surface area contributed by atoms with E-state index >= 15 is 0 Å². The van der Waals surface area contributed by atoms with Crippen LogP contribution in [0.4, 0.5) is 0 Å². The summed E-state index contributed by atoms with van der Waals surface area (Å²) in [6.07, 6.45) is 2.79. The summed E-state index contributed by atoms with van der Waals surface area (Å²) < 4.78 is 0. The van der Waals surface area contributed by atoms with Gasteiger partial charge in [0, 0.05) is 24.4 Å². The topological polar surface area (TPSA) is 15.3 Å². The van der Waals surface area contributed by atoms with E-state index in [1.807, 2.05) is 0 Å². The molecule has 17 heavy (non-hydrogen) atoms. The van der Waals surface area contributed by atoms with E-state index in [2.05, 4.69) is 49.7 Å². The number of likely N-dealkylation sites (tertiary alicyclic amines) is 1. The third-order valence-electron chi connectivity index (χ3n) is 3.28. The van der Waals surface area contributed by atoms with Crippen molar-refractivity contribution < 1.29 is 0 Å². The van der Waals surface area contributed by atoms with Gasteiger partial charge in [0.2, 0.25) is 0 Å². The molecule has 1 aliphatic rings. The first-order chi connectivity index (χ1) is 8.01. The van der Waals surface area contributed by atoms with Crippen LogP contribution in [0.25, 0.3) is 0 Å². The van der Waals surface area contributed by atoms with Gasteiger partial charge in [0.25, 0.3) is 0 Å². The Morgan fingerprint density at radius 2 is 2.12 bits per heavy atom. The third-order valence-corrected chi connectivity index (χ3v) is 4.16. The van der Waals surface area contributed by atoms with E-state index in [9.17, 15) is 0 Å². The molecule has 0 saturated carbocycles. The molecule has 0 amide bonds. The number of piperidine rings is 1. The van der Waals surface area contributed by atoms with Gasteiger partial charge in [-0.2, -0.15) is 11.8 Å². The Balaban J connectivity index is 2.19. The van der Waals surface area contributed by atoms with Gasteiger partial charge in [-0.3, -0.25) is 0 Å². The number of hydrogen-bond acceptors (Lipinski definition) is 3. The quantitative estimate of drug-likeness (QED) is 0.738. The molecule has 1 unspecified atom stereocenters. The van der Waals surface area contributed by atoms with E-state index in [0.29, 0.717) is 0 Å². The third kappa shape index (κ3) is 7.32. The van der Waals surface area contributed by atoms with Crippen LogP contribution in [-0.4, -0.2) is 48.1 Å². The highest BCUT2D eigenvalue weighted by Gasteiger charge is 2.20. The lowest BCUT2D eigenvalue weighted by atomic mass is 9.96. The molecule has 1 saturated heterocycles. The van der Waals surface area contributed by atoms with Crippen molar-refractivity contribution in [3.63, 3.8) is 0 Å². The predicted molar refractivity (Wildman–Crippen MR) is 79.9 cm³/mol. The summed E-state index contributed by atoms with van der Waals surface area (Å²) in [6, 6.07) is 0. The molecule has 1 N–H and O–H groups in total. The highest BCUT2D eigenvalue weighted by atomic mass is 32.2. The molecule has 1 heterocycles. The van der Waals surface area contributed by atoms with Crippen LogP contribution in [0.5, 0.6) is 0 Å². The van der Waals surface area contributed by atoms with E-state index in [0.717, 1.165) is 5.92 Å². The number of hydrogen-bond donors (Lipinski definition) is 1. The zero-order valence-corrected chi connectivity index (χ0v) is 12.9. The molecule has 1 rings (SSSR count). The summed E-state index contributed by atoms with van der Waals surface area (Å²) in [5.41, 5.74) is 0.264. The van der Waals surface area contributed by atoms with Crippen LogP contribution in [0, 0.1) is 5.92 Å². The van der Waals surface area contributed by atoms with E-state index in [1.165, 1.54) is 50.5 Å². The van der Waals surface area contributed by atoms with E-state index in [4.69, 9.17) is 0 Å². The van der Waals surface area contributed by atoms with Crippen molar-refractivity contribution in [2.75, 3.05) is 37.7 Å². The maximum absolute atomic E-state index is 3.65. The fraction of sp³-hybridized carbons (Fsp3) is 1.00. The van der Waals surface area contributed by atoms with Crippen molar-refractivity contribution in [2.45, 2.75) is 46.1 Å². The van der Waals surface area contributed by atoms with Gasteiger partial charge in [-0.15, -0.1) is 0 Å². The molecular weight excluding hydrogens is 228 g/mol. The zero-order chi connectivity index (χ0) is 12.7. The van der Waals surface area contributed by atoms with Crippen LogP contribution in [0.3, 0.4) is 0 Å². The smallest absolute Gasteiger partial charge is 0.00966 e. The molecule has 102 valence electrons. The maximum atomic E-state index is 3.65. The number of nitrogens with one attached hydrogen (secondary N) is 1. The second-order valence-corrected chi connectivity index (χ2v) is 7.53. The van der Waals surface area contributed by atoms with Crippen molar-refractivity contribution in [1.82, 2.24) is 10.2 Å². The van der Waals surface area contributed by atoms with Gasteiger partial charge in [0.15, 0.2) is 0 Å². The molecule has 0 spiro atoms. The predicted octanol–water partition coefficient (Wildman–Crippen LogP) is 2.84. The van der Waals surface area contributed by atoms with Crippen LogP contribution in [0.1, 0.15) is 40.5 Å². The zero-order valence-electron chi connectivity index (χ0n) is 12.1. The van der Waals surface area contributed by atoms with E-state index in [-0.39, 0.29) is 5.54 Å². The van der Waals surface area contributed by atoms with Crippen LogP contribution >= 0.6 is 11.8 Å². The molecule has 3 heteroatoms. The fourth-order valence-electron chi connectivity index (χ4n) is 2.31. The Kier molecular flexibility index (Phi) is 6.90. The molecular formula is C14H30N2S. The Morgan fingerprint density at radius 1 is 1.35 bits per heavy atom. The minimum absolute atomic E-state index is 0.264. The van der Waals surface area contributed by atoms with Crippen molar-refractivity contribution in [1.29, 1.82) is 0 Å². The van der Waals surface area contributed by atoms with Crippen LogP contribution in [0.15, 0.2) is 0 Å². The lowest BCUT2D eigenvalue weighted by molar-refractivity contribution is 0.175. The molecule has 1 fully saturated rings. The van der Waals surface area contributed by atoms with Gasteiger partial charge in [-0.25, -0.2) is 0 Å². The molecule has 1 aliphatic heterocycles. The molecule has 0 aromatic rings. The summed E-state index contributed by atoms with van der Waals surface area (Å²) in [5.74, 6) is 3.41. The number of rotatable bonds is 6. The first-order valence-corrected chi connectivity index (χ1v) is 8.22. The minimum atomic E-state index is 0.264. The average molecular weight is 258 g/mol. The van der Waals surface area contributed by atoms with Crippen molar-refractivity contribution in [3.05, 3.63) is 0 Å². The molecule has 0 aromatic carbocycles. The monoisotopic (exact) mass is 258 g/mol. The first-order valence-electron chi connectivity index (χ1n) is 7.06. The van der Waals surface area contributed by atoms with Gasteiger partial charge >= 0.3 is 0 Å². The Bertz CT molecular complexity index is 201. The second kappa shape index (κ2) is 7.65. The second-order valence-electron chi connectivity index (χ2n) is 6.14. The number of thioether (sulfide) groups is 1. The highest BCUT2D eigenvalue weighted by molar-refractivity contribution is 7.99. The number of nitrogens with zero attached hydrogens (tertiary/aromatic N) is 1. The van der Waals surface area contributed by atoms with Gasteiger partial charge < -0.3 is 10.2 Å². The largest absolute Gasteiger partial charge is 0.312 e. The first kappa shape index (κ1) is 15.3. The molecule has 0 bridgehead atoms. The van der Waals surface area contributed by atoms with Crippen LogP contribution in [0.2, 0.25) is 0 Å². The highest BCUT2D eigenvalue weighted by Crippen LogP contribution is 2.17. The normalized spacial score (nSPS) is 22.9. The summed E-state index contributed by atoms with van der Waals surface area (Å²) in [4.78, 5) is 2.65. The van der Waals surface area contributed by atoms with Gasteiger partial charge in [-0.05, 0) is 58.4 Å². The summed E-state index contributed by atoms with van der Waals surface area (Å²) in [7, 11) is 0. The van der Waals surface area contributed by atoms with Gasteiger partial charge in [0.05, 0.1) is 0 Å². The Labute approximate surface area is 112 Å². The summed E-state index contributed by atoms with van der Waals surface area (Å²) >= 11 is 2.06. The standard InChI is InChI=1S/C14H30N2S/c1-5-17-10-9-16-8-6-7-13(12-16)11-15-14(2,3)4/h13,15H,5-12H2,1-4H3.